The van der Waals surface area contributed by atoms with Gasteiger partial charge in [-0.25, -0.2) is 4.98 Å². The van der Waals surface area contributed by atoms with Gasteiger partial charge in [-0.3, -0.25) is 0 Å². The summed E-state index contributed by atoms with van der Waals surface area (Å²) in [4.78, 5) is 4.28. The first-order valence-electron chi connectivity index (χ1n) is 5.29. The number of aliphatic hydroxyl groups excluding tert-OH is 1. The number of benzene rings is 1. The minimum atomic E-state index is -0.427. The number of aromatic nitrogens is 1. The molecule has 2 aromatic rings. The van der Waals surface area contributed by atoms with Crippen LogP contribution in [0.4, 0.5) is 0 Å². The maximum atomic E-state index is 9.73. The van der Waals surface area contributed by atoms with Crippen molar-refractivity contribution < 1.29 is 9.52 Å². The standard InChI is InChI=1S/C12H14ClNO2/c1-7(2)10(15)6-12-14-9-5-8(13)3-4-11(9)16-12/h3-5,7,10,15H,6H2,1-2H3. The molecule has 0 spiro atoms. The van der Waals surface area contributed by atoms with Crippen molar-refractivity contribution in [1.82, 2.24) is 4.98 Å². The van der Waals surface area contributed by atoms with E-state index in [9.17, 15) is 5.11 Å². The predicted octanol–water partition coefficient (Wildman–Crippen LogP) is 3.04. The molecule has 1 aromatic carbocycles. The molecule has 0 aliphatic heterocycles. The number of hydrogen-bond donors (Lipinski definition) is 1. The van der Waals surface area contributed by atoms with Crippen LogP contribution in [0.2, 0.25) is 5.02 Å². The molecule has 2 rings (SSSR count). The molecule has 1 heterocycles. The lowest BCUT2D eigenvalue weighted by atomic mass is 10.0. The SMILES string of the molecule is CC(C)C(O)Cc1nc2cc(Cl)ccc2o1. The highest BCUT2D eigenvalue weighted by Gasteiger charge is 2.14. The summed E-state index contributed by atoms with van der Waals surface area (Å²) in [5.74, 6) is 0.747. The van der Waals surface area contributed by atoms with Crippen molar-refractivity contribution >= 4 is 22.7 Å². The van der Waals surface area contributed by atoms with Crippen molar-refractivity contribution in [2.75, 3.05) is 0 Å². The number of aliphatic hydroxyl groups is 1. The van der Waals surface area contributed by atoms with E-state index in [0.29, 0.717) is 22.9 Å². The lowest BCUT2D eigenvalue weighted by Gasteiger charge is -2.11. The van der Waals surface area contributed by atoms with Gasteiger partial charge in [0.15, 0.2) is 11.5 Å². The molecule has 0 bridgehead atoms. The van der Waals surface area contributed by atoms with Gasteiger partial charge in [-0.2, -0.15) is 0 Å². The Morgan fingerprint density at radius 2 is 2.19 bits per heavy atom. The zero-order valence-corrected chi connectivity index (χ0v) is 10.0. The van der Waals surface area contributed by atoms with E-state index >= 15 is 0 Å². The average molecular weight is 240 g/mol. The minimum absolute atomic E-state index is 0.193. The van der Waals surface area contributed by atoms with Crippen molar-refractivity contribution in [3.8, 4) is 0 Å². The monoisotopic (exact) mass is 239 g/mol. The number of hydrogen-bond acceptors (Lipinski definition) is 3. The molecule has 86 valence electrons. The summed E-state index contributed by atoms with van der Waals surface area (Å²) in [6.07, 6.45) is 0.00721. The van der Waals surface area contributed by atoms with Gasteiger partial charge in [0.25, 0.3) is 0 Å². The smallest absolute Gasteiger partial charge is 0.198 e. The molecule has 4 heteroatoms. The summed E-state index contributed by atoms with van der Waals surface area (Å²) < 4.78 is 5.51. The normalized spacial score (nSPS) is 13.6. The number of oxazole rings is 1. The van der Waals surface area contributed by atoms with Gasteiger partial charge >= 0.3 is 0 Å². The van der Waals surface area contributed by atoms with Crippen LogP contribution in [0, 0.1) is 5.92 Å². The van der Waals surface area contributed by atoms with Crippen molar-refractivity contribution in [2.45, 2.75) is 26.4 Å². The van der Waals surface area contributed by atoms with E-state index in [1.807, 2.05) is 13.8 Å². The molecule has 0 saturated carbocycles. The molecular formula is C12H14ClNO2. The van der Waals surface area contributed by atoms with Crippen molar-refractivity contribution in [1.29, 1.82) is 0 Å². The number of fused-ring (bicyclic) bond motifs is 1. The number of rotatable bonds is 3. The first kappa shape index (κ1) is 11.4. The fourth-order valence-corrected chi connectivity index (χ4v) is 1.62. The average Bonchev–Trinajstić information content (AvgIpc) is 2.58. The summed E-state index contributed by atoms with van der Waals surface area (Å²) in [5, 5.41) is 10.4. The van der Waals surface area contributed by atoms with Gasteiger partial charge in [-0.05, 0) is 24.1 Å². The molecule has 0 aliphatic carbocycles. The van der Waals surface area contributed by atoms with Gasteiger partial charge in [0, 0.05) is 5.02 Å². The van der Waals surface area contributed by atoms with Crippen molar-refractivity contribution in [2.24, 2.45) is 5.92 Å². The second kappa shape index (κ2) is 4.44. The fraction of sp³-hybridized carbons (Fsp3) is 0.417. The van der Waals surface area contributed by atoms with Crippen LogP contribution in [-0.4, -0.2) is 16.2 Å². The Morgan fingerprint density at radius 1 is 1.44 bits per heavy atom. The molecule has 0 radical (unpaired) electrons. The highest BCUT2D eigenvalue weighted by Crippen LogP contribution is 2.21. The Hall–Kier alpha value is -1.06. The lowest BCUT2D eigenvalue weighted by Crippen LogP contribution is -2.17. The Bertz CT molecular complexity index is 493. The second-order valence-electron chi connectivity index (χ2n) is 4.24. The van der Waals surface area contributed by atoms with Crippen LogP contribution in [0.1, 0.15) is 19.7 Å². The van der Waals surface area contributed by atoms with E-state index in [1.165, 1.54) is 0 Å². The zero-order valence-electron chi connectivity index (χ0n) is 9.27. The van der Waals surface area contributed by atoms with Gasteiger partial charge in [0.2, 0.25) is 0 Å². The molecule has 3 nitrogen and oxygen atoms in total. The highest BCUT2D eigenvalue weighted by molar-refractivity contribution is 6.31. The highest BCUT2D eigenvalue weighted by atomic mass is 35.5. The predicted molar refractivity (Wildman–Crippen MR) is 63.6 cm³/mol. The van der Waals surface area contributed by atoms with E-state index < -0.39 is 6.10 Å². The van der Waals surface area contributed by atoms with E-state index in [4.69, 9.17) is 16.0 Å². The summed E-state index contributed by atoms with van der Waals surface area (Å²) in [6.45, 7) is 3.92. The number of halogens is 1. The van der Waals surface area contributed by atoms with Crippen LogP contribution in [0.3, 0.4) is 0 Å². The second-order valence-corrected chi connectivity index (χ2v) is 4.67. The van der Waals surface area contributed by atoms with Crippen molar-refractivity contribution in [3.05, 3.63) is 29.1 Å². The van der Waals surface area contributed by atoms with Gasteiger partial charge in [0.05, 0.1) is 12.5 Å². The molecule has 0 aliphatic rings. The van der Waals surface area contributed by atoms with E-state index in [1.54, 1.807) is 18.2 Å². The maximum absolute atomic E-state index is 9.73. The minimum Gasteiger partial charge on any atom is -0.441 e. The van der Waals surface area contributed by atoms with Gasteiger partial charge in [-0.1, -0.05) is 25.4 Å². The lowest BCUT2D eigenvalue weighted by molar-refractivity contribution is 0.118. The van der Waals surface area contributed by atoms with Gasteiger partial charge in [0.1, 0.15) is 5.52 Å². The van der Waals surface area contributed by atoms with Crippen LogP contribution < -0.4 is 0 Å². The fourth-order valence-electron chi connectivity index (χ4n) is 1.45. The Morgan fingerprint density at radius 3 is 2.88 bits per heavy atom. The van der Waals surface area contributed by atoms with Crippen LogP contribution in [-0.2, 0) is 6.42 Å². The third-order valence-corrected chi connectivity index (χ3v) is 2.78. The van der Waals surface area contributed by atoms with Gasteiger partial charge < -0.3 is 9.52 Å². The Kier molecular flexibility index (Phi) is 3.17. The largest absolute Gasteiger partial charge is 0.441 e. The van der Waals surface area contributed by atoms with E-state index in [0.717, 1.165) is 5.52 Å². The van der Waals surface area contributed by atoms with Crippen LogP contribution in [0.15, 0.2) is 22.6 Å². The molecule has 0 saturated heterocycles. The number of nitrogens with zero attached hydrogens (tertiary/aromatic N) is 1. The molecule has 1 unspecified atom stereocenters. The molecule has 1 N–H and O–H groups in total. The molecule has 16 heavy (non-hydrogen) atoms. The molecule has 1 atom stereocenters. The summed E-state index contributed by atoms with van der Waals surface area (Å²) in [7, 11) is 0. The summed E-state index contributed by atoms with van der Waals surface area (Å²) in [5.41, 5.74) is 1.44. The van der Waals surface area contributed by atoms with E-state index in [2.05, 4.69) is 4.98 Å². The van der Waals surface area contributed by atoms with Crippen LogP contribution >= 0.6 is 11.6 Å². The third kappa shape index (κ3) is 2.36. The molecule has 0 amide bonds. The Balaban J connectivity index is 2.26. The zero-order chi connectivity index (χ0) is 11.7. The Labute approximate surface area is 99.0 Å². The summed E-state index contributed by atoms with van der Waals surface area (Å²) >= 11 is 5.85. The maximum Gasteiger partial charge on any atom is 0.198 e. The first-order valence-corrected chi connectivity index (χ1v) is 5.67. The van der Waals surface area contributed by atoms with Crippen LogP contribution in [0.25, 0.3) is 11.1 Å². The van der Waals surface area contributed by atoms with Crippen molar-refractivity contribution in [3.63, 3.8) is 0 Å². The quantitative estimate of drug-likeness (QED) is 0.896. The van der Waals surface area contributed by atoms with Crippen LogP contribution in [0.5, 0.6) is 0 Å². The first-order chi connectivity index (χ1) is 7.56. The molecular weight excluding hydrogens is 226 g/mol. The summed E-state index contributed by atoms with van der Waals surface area (Å²) in [6, 6.07) is 5.30. The molecule has 0 fully saturated rings. The molecule has 1 aromatic heterocycles. The van der Waals surface area contributed by atoms with E-state index in [-0.39, 0.29) is 5.92 Å². The topological polar surface area (TPSA) is 46.3 Å². The third-order valence-electron chi connectivity index (χ3n) is 2.55. The van der Waals surface area contributed by atoms with Gasteiger partial charge in [-0.15, -0.1) is 0 Å².